The van der Waals surface area contributed by atoms with Crippen LogP contribution in [0.4, 0.5) is 0 Å². The molecule has 2 aromatic rings. The molecular formula is C20H28ClIN4O2S. The molecule has 0 saturated heterocycles. The van der Waals surface area contributed by atoms with Crippen LogP contribution < -0.4 is 20.1 Å². The van der Waals surface area contributed by atoms with Crippen LogP contribution >= 0.6 is 46.9 Å². The molecule has 0 radical (unpaired) electrons. The second kappa shape index (κ2) is 11.8. The molecule has 0 atom stereocenters. The van der Waals surface area contributed by atoms with E-state index in [2.05, 4.69) is 39.8 Å². The van der Waals surface area contributed by atoms with Gasteiger partial charge in [0, 0.05) is 18.3 Å². The van der Waals surface area contributed by atoms with Gasteiger partial charge in [-0.25, -0.2) is 9.98 Å². The van der Waals surface area contributed by atoms with E-state index in [0.29, 0.717) is 48.7 Å². The summed E-state index contributed by atoms with van der Waals surface area (Å²) < 4.78 is 11.4. The van der Waals surface area contributed by atoms with Crippen molar-refractivity contribution in [2.24, 2.45) is 4.99 Å². The van der Waals surface area contributed by atoms with Gasteiger partial charge in [0.1, 0.15) is 5.01 Å². The molecule has 1 aliphatic rings. The first-order valence-electron chi connectivity index (χ1n) is 9.61. The maximum Gasteiger partial charge on any atom is 0.191 e. The molecule has 3 rings (SSSR count). The average molecular weight is 551 g/mol. The summed E-state index contributed by atoms with van der Waals surface area (Å²) in [5, 5.41) is 10.3. The number of guanidine groups is 1. The zero-order valence-electron chi connectivity index (χ0n) is 17.0. The average Bonchev–Trinajstić information content (AvgIpc) is 3.02. The van der Waals surface area contributed by atoms with Crippen molar-refractivity contribution in [1.29, 1.82) is 0 Å². The van der Waals surface area contributed by atoms with Crippen LogP contribution in [0.15, 0.2) is 22.5 Å². The van der Waals surface area contributed by atoms with E-state index in [9.17, 15) is 0 Å². The van der Waals surface area contributed by atoms with Crippen LogP contribution in [0, 0.1) is 0 Å². The van der Waals surface area contributed by atoms with Crippen molar-refractivity contribution < 1.29 is 9.47 Å². The van der Waals surface area contributed by atoms with E-state index in [-0.39, 0.29) is 24.0 Å². The Kier molecular flexibility index (Phi) is 9.78. The minimum atomic E-state index is 0. The van der Waals surface area contributed by atoms with Gasteiger partial charge >= 0.3 is 0 Å². The standard InChI is InChI=1S/C20H27ClN4O2S.HI/c1-4-22-20(24-11-18-25-16(12-28-18)13(2)3)23-10-14-8-15(21)19-17(9-14)26-6-5-7-27-19;/h8-9,12-13H,4-7,10-11H2,1-3H3,(H2,22,23,24);1H. The molecule has 29 heavy (non-hydrogen) atoms. The molecule has 0 bridgehead atoms. The molecule has 1 aromatic heterocycles. The van der Waals surface area contributed by atoms with Gasteiger partial charge in [-0.2, -0.15) is 0 Å². The minimum Gasteiger partial charge on any atom is -0.489 e. The zero-order chi connectivity index (χ0) is 19.9. The van der Waals surface area contributed by atoms with Crippen molar-refractivity contribution in [2.75, 3.05) is 19.8 Å². The minimum absolute atomic E-state index is 0. The number of nitrogens with zero attached hydrogens (tertiary/aromatic N) is 2. The summed E-state index contributed by atoms with van der Waals surface area (Å²) in [5.41, 5.74) is 2.10. The van der Waals surface area contributed by atoms with E-state index in [1.54, 1.807) is 11.3 Å². The topological polar surface area (TPSA) is 67.8 Å². The van der Waals surface area contributed by atoms with Crippen LogP contribution in [-0.4, -0.2) is 30.7 Å². The van der Waals surface area contributed by atoms with Crippen molar-refractivity contribution >= 4 is 52.9 Å². The van der Waals surface area contributed by atoms with Gasteiger partial charge in [-0.15, -0.1) is 35.3 Å². The molecule has 160 valence electrons. The Bertz CT molecular complexity index is 829. The third kappa shape index (κ3) is 6.89. The number of nitrogens with one attached hydrogen (secondary N) is 2. The van der Waals surface area contributed by atoms with Gasteiger partial charge in [-0.05, 0) is 30.5 Å². The van der Waals surface area contributed by atoms with Crippen LogP contribution in [0.3, 0.4) is 0 Å². The third-order valence-electron chi connectivity index (χ3n) is 4.19. The van der Waals surface area contributed by atoms with E-state index in [1.807, 2.05) is 19.1 Å². The molecule has 1 aromatic carbocycles. The molecule has 0 amide bonds. The Balaban J connectivity index is 0.00000300. The fraction of sp³-hybridized carbons (Fsp3) is 0.500. The van der Waals surface area contributed by atoms with Gasteiger partial charge in [0.15, 0.2) is 17.5 Å². The Morgan fingerprint density at radius 1 is 1.28 bits per heavy atom. The maximum absolute atomic E-state index is 6.37. The first-order chi connectivity index (χ1) is 13.6. The number of halogens is 2. The molecule has 9 heteroatoms. The summed E-state index contributed by atoms with van der Waals surface area (Å²) >= 11 is 8.04. The highest BCUT2D eigenvalue weighted by atomic mass is 127. The second-order valence-corrected chi connectivity index (χ2v) is 8.17. The molecule has 6 nitrogen and oxygen atoms in total. The Hall–Kier alpha value is -1.26. The Morgan fingerprint density at radius 3 is 2.79 bits per heavy atom. The number of aromatic nitrogens is 1. The summed E-state index contributed by atoms with van der Waals surface area (Å²) in [6.45, 7) is 9.51. The Labute approximate surface area is 198 Å². The fourth-order valence-corrected chi connectivity index (χ4v) is 3.90. The lowest BCUT2D eigenvalue weighted by Crippen LogP contribution is -2.36. The van der Waals surface area contributed by atoms with Gasteiger partial charge in [0.25, 0.3) is 0 Å². The van der Waals surface area contributed by atoms with Gasteiger partial charge in [-0.1, -0.05) is 25.4 Å². The summed E-state index contributed by atoms with van der Waals surface area (Å²) in [5.74, 6) is 2.50. The quantitative estimate of drug-likeness (QED) is 0.303. The highest BCUT2D eigenvalue weighted by Gasteiger charge is 2.15. The predicted molar refractivity (Wildman–Crippen MR) is 130 cm³/mol. The monoisotopic (exact) mass is 550 g/mol. The van der Waals surface area contributed by atoms with Crippen LogP contribution in [0.5, 0.6) is 11.5 Å². The fourth-order valence-electron chi connectivity index (χ4n) is 2.72. The number of hydrogen-bond acceptors (Lipinski definition) is 5. The number of aliphatic imine (C=N–C) groups is 1. The van der Waals surface area contributed by atoms with E-state index in [4.69, 9.17) is 21.1 Å². The first kappa shape index (κ1) is 24.0. The molecule has 0 unspecified atom stereocenters. The number of hydrogen-bond donors (Lipinski definition) is 2. The summed E-state index contributed by atoms with van der Waals surface area (Å²) in [6.07, 6.45) is 0.849. The van der Waals surface area contributed by atoms with Crippen molar-refractivity contribution in [1.82, 2.24) is 15.6 Å². The smallest absolute Gasteiger partial charge is 0.191 e. The van der Waals surface area contributed by atoms with E-state index < -0.39 is 0 Å². The number of fused-ring (bicyclic) bond motifs is 1. The number of rotatable bonds is 6. The van der Waals surface area contributed by atoms with Gasteiger partial charge in [0.05, 0.1) is 37.0 Å². The molecular weight excluding hydrogens is 523 g/mol. The summed E-state index contributed by atoms with van der Waals surface area (Å²) in [7, 11) is 0. The van der Waals surface area contributed by atoms with Gasteiger partial charge in [-0.3, -0.25) is 0 Å². The Morgan fingerprint density at radius 2 is 2.07 bits per heavy atom. The molecule has 0 spiro atoms. The number of benzene rings is 1. The van der Waals surface area contributed by atoms with Gasteiger partial charge < -0.3 is 20.1 Å². The first-order valence-corrected chi connectivity index (χ1v) is 10.9. The van der Waals surface area contributed by atoms with Gasteiger partial charge in [0.2, 0.25) is 0 Å². The summed E-state index contributed by atoms with van der Waals surface area (Å²) in [6, 6.07) is 3.84. The van der Waals surface area contributed by atoms with Crippen LogP contribution in [-0.2, 0) is 13.1 Å². The SMILES string of the molecule is CCNC(=NCc1cc(Cl)c2c(c1)OCCCO2)NCc1nc(C(C)C)cs1.I. The van der Waals surface area contributed by atoms with Crippen molar-refractivity contribution in [2.45, 2.75) is 46.2 Å². The zero-order valence-corrected chi connectivity index (χ0v) is 20.9. The van der Waals surface area contributed by atoms with Crippen molar-refractivity contribution in [3.63, 3.8) is 0 Å². The van der Waals surface area contributed by atoms with E-state index >= 15 is 0 Å². The maximum atomic E-state index is 6.37. The highest BCUT2D eigenvalue weighted by Crippen LogP contribution is 2.38. The third-order valence-corrected chi connectivity index (χ3v) is 5.34. The molecule has 0 fully saturated rings. The van der Waals surface area contributed by atoms with Crippen molar-refractivity contribution in [3.05, 3.63) is 38.8 Å². The lowest BCUT2D eigenvalue weighted by molar-refractivity contribution is 0.297. The second-order valence-electron chi connectivity index (χ2n) is 6.82. The van der Waals surface area contributed by atoms with Crippen molar-refractivity contribution in [3.8, 4) is 11.5 Å². The normalized spacial score (nSPS) is 13.6. The highest BCUT2D eigenvalue weighted by molar-refractivity contribution is 14.0. The molecule has 0 aliphatic carbocycles. The lowest BCUT2D eigenvalue weighted by Gasteiger charge is -2.12. The molecule has 2 N–H and O–H groups in total. The lowest BCUT2D eigenvalue weighted by atomic mass is 10.2. The molecule has 0 saturated carbocycles. The molecule has 2 heterocycles. The van der Waals surface area contributed by atoms with Crippen LogP contribution in [0.2, 0.25) is 5.02 Å². The number of thiazole rings is 1. The van der Waals surface area contributed by atoms with E-state index in [0.717, 1.165) is 35.2 Å². The largest absolute Gasteiger partial charge is 0.489 e. The van der Waals surface area contributed by atoms with Crippen LogP contribution in [0.25, 0.3) is 0 Å². The van der Waals surface area contributed by atoms with Crippen LogP contribution in [0.1, 0.15) is 49.4 Å². The van der Waals surface area contributed by atoms with E-state index in [1.165, 1.54) is 0 Å². The number of ether oxygens (including phenoxy) is 2. The molecule has 1 aliphatic heterocycles. The summed E-state index contributed by atoms with van der Waals surface area (Å²) in [4.78, 5) is 9.32. The predicted octanol–water partition coefficient (Wildman–Crippen LogP) is 4.95.